The molecular weight excluding hydrogens is 590 g/mol. The zero-order chi connectivity index (χ0) is 33.8. The predicted octanol–water partition coefficient (Wildman–Crippen LogP) is 1.82. The number of carbonyl (C=O) groups excluding carboxylic acids is 6. The number of aromatic nitrogens is 2. The molecule has 1 aromatic rings. The Labute approximate surface area is 271 Å². The van der Waals surface area contributed by atoms with Crippen LogP contribution < -0.4 is 26.6 Å². The van der Waals surface area contributed by atoms with Crippen molar-refractivity contribution < 1.29 is 28.8 Å². The largest absolute Gasteiger partial charge is 0.354 e. The average molecular weight is 642 g/mol. The summed E-state index contributed by atoms with van der Waals surface area (Å²) in [4.78, 5) is 85.3. The van der Waals surface area contributed by atoms with Crippen LogP contribution in [-0.4, -0.2) is 76.0 Å². The smallest absolute Gasteiger partial charge is 0.289 e. The van der Waals surface area contributed by atoms with Crippen LogP contribution in [0, 0.1) is 23.7 Å². The average Bonchev–Trinajstić information content (AvgIpc) is 3.44. The Morgan fingerprint density at radius 1 is 0.826 bits per heavy atom. The number of rotatable bonds is 17. The van der Waals surface area contributed by atoms with Crippen molar-refractivity contribution in [1.82, 2.24) is 36.6 Å². The fourth-order valence-electron chi connectivity index (χ4n) is 5.95. The van der Waals surface area contributed by atoms with Gasteiger partial charge in [-0.15, -0.1) is 0 Å². The number of hydrogen-bond acceptors (Lipinski definition) is 8. The third-order valence-corrected chi connectivity index (χ3v) is 8.97. The van der Waals surface area contributed by atoms with Gasteiger partial charge in [0.25, 0.3) is 11.8 Å². The van der Waals surface area contributed by atoms with Crippen molar-refractivity contribution in [3.8, 4) is 0 Å². The molecule has 13 heteroatoms. The Bertz CT molecular complexity index is 1220. The van der Waals surface area contributed by atoms with E-state index in [0.717, 1.165) is 38.5 Å². The van der Waals surface area contributed by atoms with Gasteiger partial charge in [-0.3, -0.25) is 33.8 Å². The van der Waals surface area contributed by atoms with Gasteiger partial charge in [-0.25, -0.2) is 4.98 Å². The van der Waals surface area contributed by atoms with Crippen LogP contribution in [0.4, 0.5) is 0 Å². The standard InChI is InChI=1S/C33H51N7O6/c1-6-9-24(29(42)33(46)37-23-12-8-13-23)38-26(41)16-21-10-7-11-22(21)17-36-31(44)27(19(2)3)40-32(45)28(20(4)5)39-30(43)25-18-34-14-15-35-25/h14-15,18-24,27-28H,6-13,16-17H2,1-5H3,(H,36,44)(H,37,46)(H,38,41)(H,39,43)(H,40,45)/t21-,22+,24?,27+,28-/m1/s1. The quantitative estimate of drug-likeness (QED) is 0.159. The summed E-state index contributed by atoms with van der Waals surface area (Å²) >= 11 is 0. The van der Waals surface area contributed by atoms with Crippen LogP contribution in [0.3, 0.4) is 0 Å². The van der Waals surface area contributed by atoms with Gasteiger partial charge in [0.2, 0.25) is 23.5 Å². The molecule has 0 spiro atoms. The van der Waals surface area contributed by atoms with E-state index in [1.807, 2.05) is 20.8 Å². The molecule has 2 fully saturated rings. The van der Waals surface area contributed by atoms with Gasteiger partial charge in [0.1, 0.15) is 17.8 Å². The van der Waals surface area contributed by atoms with Gasteiger partial charge in [-0.1, -0.05) is 47.5 Å². The second kappa shape index (κ2) is 17.7. The molecule has 3 rings (SSSR count). The molecule has 254 valence electrons. The Balaban J connectivity index is 1.53. The lowest BCUT2D eigenvalue weighted by atomic mass is 9.91. The van der Waals surface area contributed by atoms with Crippen molar-refractivity contribution in [2.24, 2.45) is 23.7 Å². The molecule has 0 bridgehead atoms. The summed E-state index contributed by atoms with van der Waals surface area (Å²) in [5, 5.41) is 14.0. The number of hydrogen-bond donors (Lipinski definition) is 5. The van der Waals surface area contributed by atoms with Crippen molar-refractivity contribution in [1.29, 1.82) is 0 Å². The Morgan fingerprint density at radius 3 is 2.07 bits per heavy atom. The third kappa shape index (κ3) is 10.6. The van der Waals surface area contributed by atoms with Crippen molar-refractivity contribution in [2.75, 3.05) is 6.54 Å². The van der Waals surface area contributed by atoms with E-state index in [2.05, 4.69) is 36.6 Å². The first-order valence-electron chi connectivity index (χ1n) is 16.7. The number of nitrogens with zero attached hydrogens (tertiary/aromatic N) is 2. The number of Topliss-reactive ketones (excluding diaryl/α,β-unsaturated/α-hetero) is 1. The first-order chi connectivity index (χ1) is 21.9. The topological polar surface area (TPSA) is 188 Å². The summed E-state index contributed by atoms with van der Waals surface area (Å²) in [6, 6.07) is -2.54. The SMILES string of the molecule is CCCC(NC(=O)C[C@H]1CCC[C@H]1CNC(=O)[C@@H](NC(=O)[C@H](NC(=O)c1cnccn1)C(C)C)C(C)C)C(=O)C(=O)NC1CCC1. The fourth-order valence-corrected chi connectivity index (χ4v) is 5.95. The monoisotopic (exact) mass is 641 g/mol. The molecule has 2 aliphatic rings. The molecule has 0 aliphatic heterocycles. The zero-order valence-electron chi connectivity index (χ0n) is 27.8. The van der Waals surface area contributed by atoms with Crippen molar-refractivity contribution in [3.63, 3.8) is 0 Å². The lowest BCUT2D eigenvalue weighted by Gasteiger charge is -2.28. The van der Waals surface area contributed by atoms with E-state index in [9.17, 15) is 28.8 Å². The normalized spacial score (nSPS) is 19.8. The summed E-state index contributed by atoms with van der Waals surface area (Å²) < 4.78 is 0. The lowest BCUT2D eigenvalue weighted by Crippen LogP contribution is -2.57. The van der Waals surface area contributed by atoms with Crippen LogP contribution in [0.5, 0.6) is 0 Å². The van der Waals surface area contributed by atoms with Gasteiger partial charge in [-0.05, 0) is 62.2 Å². The predicted molar refractivity (Wildman–Crippen MR) is 171 cm³/mol. The number of nitrogens with one attached hydrogen (secondary N) is 5. The van der Waals surface area contributed by atoms with Gasteiger partial charge >= 0.3 is 0 Å². The van der Waals surface area contributed by atoms with E-state index in [-0.39, 0.29) is 53.6 Å². The highest BCUT2D eigenvalue weighted by molar-refractivity contribution is 6.38. The van der Waals surface area contributed by atoms with Gasteiger partial charge in [0.15, 0.2) is 0 Å². The molecule has 5 N–H and O–H groups in total. The van der Waals surface area contributed by atoms with E-state index in [1.165, 1.54) is 18.6 Å². The highest BCUT2D eigenvalue weighted by Gasteiger charge is 2.35. The minimum absolute atomic E-state index is 0.00944. The maximum absolute atomic E-state index is 13.3. The van der Waals surface area contributed by atoms with Crippen LogP contribution in [0.15, 0.2) is 18.6 Å². The summed E-state index contributed by atoms with van der Waals surface area (Å²) in [7, 11) is 0. The second-order valence-corrected chi connectivity index (χ2v) is 13.3. The molecule has 5 atom stereocenters. The number of ketones is 1. The minimum Gasteiger partial charge on any atom is -0.354 e. The lowest BCUT2D eigenvalue weighted by molar-refractivity contribution is -0.141. The van der Waals surface area contributed by atoms with Crippen LogP contribution in [-0.2, 0) is 24.0 Å². The highest BCUT2D eigenvalue weighted by atomic mass is 16.2. The molecule has 0 radical (unpaired) electrons. The van der Waals surface area contributed by atoms with Gasteiger partial charge < -0.3 is 26.6 Å². The third-order valence-electron chi connectivity index (χ3n) is 8.97. The van der Waals surface area contributed by atoms with E-state index >= 15 is 0 Å². The van der Waals surface area contributed by atoms with E-state index in [0.29, 0.717) is 19.4 Å². The Kier molecular flexibility index (Phi) is 14.1. The molecular formula is C33H51N7O6. The first kappa shape index (κ1) is 36.6. The van der Waals surface area contributed by atoms with Crippen LogP contribution in [0.1, 0.15) is 103 Å². The Hall–Kier alpha value is -3.90. The van der Waals surface area contributed by atoms with Crippen molar-refractivity contribution >= 4 is 35.3 Å². The zero-order valence-corrected chi connectivity index (χ0v) is 27.8. The molecule has 0 saturated heterocycles. The molecule has 1 aromatic heterocycles. The van der Waals surface area contributed by atoms with Gasteiger partial charge in [0.05, 0.1) is 12.2 Å². The van der Waals surface area contributed by atoms with E-state index in [1.54, 1.807) is 13.8 Å². The molecule has 2 aliphatic carbocycles. The van der Waals surface area contributed by atoms with Crippen LogP contribution in [0.25, 0.3) is 0 Å². The maximum atomic E-state index is 13.3. The van der Waals surface area contributed by atoms with E-state index in [4.69, 9.17) is 0 Å². The minimum atomic E-state index is -0.894. The number of carbonyl (C=O) groups is 6. The van der Waals surface area contributed by atoms with Crippen LogP contribution in [0.2, 0.25) is 0 Å². The second-order valence-electron chi connectivity index (χ2n) is 13.3. The first-order valence-corrected chi connectivity index (χ1v) is 16.7. The van der Waals surface area contributed by atoms with Crippen LogP contribution >= 0.6 is 0 Å². The van der Waals surface area contributed by atoms with Gasteiger partial charge in [-0.2, -0.15) is 0 Å². The molecule has 0 aromatic carbocycles. The van der Waals surface area contributed by atoms with E-state index < -0.39 is 41.6 Å². The molecule has 46 heavy (non-hydrogen) atoms. The molecule has 2 saturated carbocycles. The summed E-state index contributed by atoms with van der Waals surface area (Å²) in [5.74, 6) is -3.30. The van der Waals surface area contributed by atoms with Gasteiger partial charge in [0, 0.05) is 31.4 Å². The van der Waals surface area contributed by atoms with Crippen molar-refractivity contribution in [3.05, 3.63) is 24.3 Å². The Morgan fingerprint density at radius 2 is 1.48 bits per heavy atom. The highest BCUT2D eigenvalue weighted by Crippen LogP contribution is 2.33. The molecule has 13 nitrogen and oxygen atoms in total. The fraction of sp³-hybridized carbons (Fsp3) is 0.697. The molecule has 5 amide bonds. The summed E-state index contributed by atoms with van der Waals surface area (Å²) in [5.41, 5.74) is 0.0841. The molecule has 1 heterocycles. The summed E-state index contributed by atoms with van der Waals surface area (Å²) in [6.45, 7) is 9.50. The molecule has 1 unspecified atom stereocenters. The van der Waals surface area contributed by atoms with Crippen molar-refractivity contribution in [2.45, 2.75) is 117 Å². The number of amides is 5. The summed E-state index contributed by atoms with van der Waals surface area (Å²) in [6.07, 6.45) is 10.7. The maximum Gasteiger partial charge on any atom is 0.289 e.